The highest BCUT2D eigenvalue weighted by Gasteiger charge is 2.07. The third-order valence-electron chi connectivity index (χ3n) is 1.87. The van der Waals surface area contributed by atoms with Crippen molar-refractivity contribution in [1.29, 1.82) is 0 Å². The van der Waals surface area contributed by atoms with E-state index in [0.717, 1.165) is 12.1 Å². The first-order valence-electron chi connectivity index (χ1n) is 4.75. The van der Waals surface area contributed by atoms with Crippen LogP contribution in [0.25, 0.3) is 0 Å². The van der Waals surface area contributed by atoms with E-state index in [1.807, 2.05) is 37.2 Å². The minimum Gasteiger partial charge on any atom is -0.410 e. The molecule has 0 radical (unpaired) electrons. The second-order valence-corrected chi connectivity index (χ2v) is 3.49. The highest BCUT2D eigenvalue weighted by atomic mass is 16.6. The van der Waals surface area contributed by atoms with Gasteiger partial charge in [-0.25, -0.2) is 4.79 Å². The van der Waals surface area contributed by atoms with Crippen molar-refractivity contribution < 1.29 is 9.53 Å². The van der Waals surface area contributed by atoms with Crippen LogP contribution >= 0.6 is 0 Å². The van der Waals surface area contributed by atoms with Crippen molar-refractivity contribution in [2.75, 3.05) is 21.1 Å². The molecule has 0 unspecified atom stereocenters. The number of rotatable bonds is 3. The third-order valence-corrected chi connectivity index (χ3v) is 1.87. The lowest BCUT2D eigenvalue weighted by Gasteiger charge is -2.13. The van der Waals surface area contributed by atoms with Gasteiger partial charge in [0.15, 0.2) is 0 Å². The van der Waals surface area contributed by atoms with Gasteiger partial charge in [-0.3, -0.25) is 0 Å². The minimum absolute atomic E-state index is 0.443. The van der Waals surface area contributed by atoms with Gasteiger partial charge in [-0.05, 0) is 20.2 Å². The van der Waals surface area contributed by atoms with Crippen LogP contribution < -0.4 is 10.1 Å². The summed E-state index contributed by atoms with van der Waals surface area (Å²) in [5.41, 5.74) is 0.992. The molecule has 1 aromatic rings. The molecule has 1 N–H and O–H groups in total. The topological polar surface area (TPSA) is 41.6 Å². The molecule has 0 bridgehead atoms. The van der Waals surface area contributed by atoms with Crippen molar-refractivity contribution >= 4 is 6.09 Å². The van der Waals surface area contributed by atoms with E-state index in [-0.39, 0.29) is 0 Å². The molecular weight excluding hydrogens is 192 g/mol. The Balaban J connectivity index is 2.81. The second-order valence-electron chi connectivity index (χ2n) is 3.49. The molecule has 82 valence electrons. The van der Waals surface area contributed by atoms with Crippen molar-refractivity contribution in [1.82, 2.24) is 10.2 Å². The van der Waals surface area contributed by atoms with Gasteiger partial charge in [-0.2, -0.15) is 0 Å². The quantitative estimate of drug-likeness (QED) is 0.817. The first kappa shape index (κ1) is 11.5. The zero-order chi connectivity index (χ0) is 11.3. The lowest BCUT2D eigenvalue weighted by molar-refractivity contribution is 0.202. The SMILES string of the molecule is CNC(=O)Oc1ccccc1CN(C)C. The number of benzene rings is 1. The minimum atomic E-state index is -0.443. The number of para-hydroxylation sites is 1. The summed E-state index contributed by atoms with van der Waals surface area (Å²) in [5.74, 6) is 0.602. The summed E-state index contributed by atoms with van der Waals surface area (Å²) in [6.45, 7) is 0.743. The van der Waals surface area contributed by atoms with Crippen molar-refractivity contribution in [2.45, 2.75) is 6.54 Å². The number of hydrogen-bond acceptors (Lipinski definition) is 3. The Morgan fingerprint density at radius 1 is 1.40 bits per heavy atom. The molecular formula is C11H16N2O2. The molecule has 0 aliphatic rings. The van der Waals surface area contributed by atoms with Gasteiger partial charge in [0.1, 0.15) is 5.75 Å². The van der Waals surface area contributed by atoms with Crippen molar-refractivity contribution in [2.24, 2.45) is 0 Å². The van der Waals surface area contributed by atoms with Crippen molar-refractivity contribution in [3.8, 4) is 5.75 Å². The molecule has 1 amide bonds. The Labute approximate surface area is 89.8 Å². The summed E-state index contributed by atoms with van der Waals surface area (Å²) in [4.78, 5) is 13.1. The molecule has 0 aliphatic carbocycles. The molecule has 0 aliphatic heterocycles. The number of carbonyl (C=O) groups is 1. The number of carbonyl (C=O) groups excluding carboxylic acids is 1. The van der Waals surface area contributed by atoms with Crippen LogP contribution in [0.15, 0.2) is 24.3 Å². The average molecular weight is 208 g/mol. The summed E-state index contributed by atoms with van der Waals surface area (Å²) < 4.78 is 5.12. The van der Waals surface area contributed by atoms with Gasteiger partial charge >= 0.3 is 6.09 Å². The Morgan fingerprint density at radius 2 is 2.07 bits per heavy atom. The van der Waals surface area contributed by atoms with Crippen LogP contribution in [0.2, 0.25) is 0 Å². The van der Waals surface area contributed by atoms with Gasteiger partial charge < -0.3 is 15.0 Å². The van der Waals surface area contributed by atoms with Gasteiger partial charge in [0.2, 0.25) is 0 Å². The molecule has 0 spiro atoms. The molecule has 1 rings (SSSR count). The number of nitrogens with zero attached hydrogens (tertiary/aromatic N) is 1. The van der Waals surface area contributed by atoms with Crippen LogP contribution in [-0.2, 0) is 6.54 Å². The van der Waals surface area contributed by atoms with Crippen molar-refractivity contribution in [3.05, 3.63) is 29.8 Å². The predicted molar refractivity (Wildman–Crippen MR) is 58.9 cm³/mol. The molecule has 15 heavy (non-hydrogen) atoms. The van der Waals surface area contributed by atoms with E-state index >= 15 is 0 Å². The lowest BCUT2D eigenvalue weighted by atomic mass is 10.2. The van der Waals surface area contributed by atoms with E-state index in [9.17, 15) is 4.79 Å². The Morgan fingerprint density at radius 3 is 2.67 bits per heavy atom. The fourth-order valence-electron chi connectivity index (χ4n) is 1.23. The van der Waals surface area contributed by atoms with Crippen LogP contribution in [0.5, 0.6) is 5.75 Å². The maximum atomic E-state index is 11.1. The largest absolute Gasteiger partial charge is 0.412 e. The van der Waals surface area contributed by atoms with Gasteiger partial charge in [-0.15, -0.1) is 0 Å². The van der Waals surface area contributed by atoms with E-state index < -0.39 is 6.09 Å². The second kappa shape index (κ2) is 5.36. The van der Waals surface area contributed by atoms with Gasteiger partial charge in [0.25, 0.3) is 0 Å². The van der Waals surface area contributed by atoms with Crippen molar-refractivity contribution in [3.63, 3.8) is 0 Å². The number of hydrogen-bond donors (Lipinski definition) is 1. The predicted octanol–water partition coefficient (Wildman–Crippen LogP) is 1.47. The van der Waals surface area contributed by atoms with E-state index in [1.54, 1.807) is 6.07 Å². The fraction of sp³-hybridized carbons (Fsp3) is 0.364. The monoisotopic (exact) mass is 208 g/mol. The average Bonchev–Trinajstić information content (AvgIpc) is 2.20. The summed E-state index contributed by atoms with van der Waals surface area (Å²) in [7, 11) is 5.48. The number of nitrogens with one attached hydrogen (secondary N) is 1. The molecule has 0 fully saturated rings. The lowest BCUT2D eigenvalue weighted by Crippen LogP contribution is -2.23. The molecule has 1 aromatic carbocycles. The van der Waals surface area contributed by atoms with Crippen LogP contribution in [0, 0.1) is 0 Å². The van der Waals surface area contributed by atoms with E-state index in [2.05, 4.69) is 5.32 Å². The Bertz CT molecular complexity index is 337. The molecule has 4 heteroatoms. The molecule has 0 saturated heterocycles. The molecule has 0 saturated carbocycles. The zero-order valence-corrected chi connectivity index (χ0v) is 9.28. The first-order chi connectivity index (χ1) is 7.13. The molecule has 0 heterocycles. The van der Waals surface area contributed by atoms with E-state index in [1.165, 1.54) is 7.05 Å². The fourth-order valence-corrected chi connectivity index (χ4v) is 1.23. The Kier molecular flexibility index (Phi) is 4.12. The van der Waals surface area contributed by atoms with Gasteiger partial charge in [0, 0.05) is 19.2 Å². The number of amides is 1. The van der Waals surface area contributed by atoms with Gasteiger partial charge in [-0.1, -0.05) is 18.2 Å². The first-order valence-corrected chi connectivity index (χ1v) is 4.75. The summed E-state index contributed by atoms with van der Waals surface area (Å²) in [6, 6.07) is 7.50. The van der Waals surface area contributed by atoms with Crippen LogP contribution in [0.3, 0.4) is 0 Å². The summed E-state index contributed by atoms with van der Waals surface area (Å²) in [5, 5.41) is 2.42. The maximum Gasteiger partial charge on any atom is 0.412 e. The summed E-state index contributed by atoms with van der Waals surface area (Å²) in [6.07, 6.45) is -0.443. The normalized spacial score (nSPS) is 10.1. The zero-order valence-electron chi connectivity index (χ0n) is 9.28. The van der Waals surface area contributed by atoms with E-state index in [4.69, 9.17) is 4.74 Å². The molecule has 4 nitrogen and oxygen atoms in total. The number of ether oxygens (including phenoxy) is 1. The Hall–Kier alpha value is -1.55. The molecule has 0 atom stereocenters. The highest BCUT2D eigenvalue weighted by Crippen LogP contribution is 2.18. The van der Waals surface area contributed by atoms with Crippen LogP contribution in [0.4, 0.5) is 4.79 Å². The molecule has 0 aromatic heterocycles. The standard InChI is InChI=1S/C11H16N2O2/c1-12-11(14)15-10-7-5-4-6-9(10)8-13(2)3/h4-7H,8H2,1-3H3,(H,12,14). The van der Waals surface area contributed by atoms with Gasteiger partial charge in [0.05, 0.1) is 0 Å². The van der Waals surface area contributed by atoms with Crippen LogP contribution in [-0.4, -0.2) is 32.1 Å². The smallest absolute Gasteiger partial charge is 0.410 e. The summed E-state index contributed by atoms with van der Waals surface area (Å²) >= 11 is 0. The highest BCUT2D eigenvalue weighted by molar-refractivity contribution is 5.70. The third kappa shape index (κ3) is 3.59. The maximum absolute atomic E-state index is 11.1. The van der Waals surface area contributed by atoms with E-state index in [0.29, 0.717) is 5.75 Å². The van der Waals surface area contributed by atoms with Crippen LogP contribution in [0.1, 0.15) is 5.56 Å².